The van der Waals surface area contributed by atoms with Crippen molar-refractivity contribution in [3.05, 3.63) is 34.3 Å². The van der Waals surface area contributed by atoms with Gasteiger partial charge in [-0.1, -0.05) is 28.1 Å². The minimum Gasteiger partial charge on any atom is -0.347 e. The molecule has 0 bridgehead atoms. The molecule has 0 aliphatic carbocycles. The summed E-state index contributed by atoms with van der Waals surface area (Å²) in [4.78, 5) is 18.2. The second-order valence-corrected chi connectivity index (χ2v) is 6.16. The van der Waals surface area contributed by atoms with Gasteiger partial charge in [0.25, 0.3) is 0 Å². The summed E-state index contributed by atoms with van der Waals surface area (Å²) in [5, 5.41) is 2.78. The monoisotopic (exact) mass is 536 g/mol. The highest BCUT2D eigenvalue weighted by Crippen LogP contribution is 2.15. The molecule has 0 spiro atoms. The van der Waals surface area contributed by atoms with Crippen LogP contribution in [0.2, 0.25) is 0 Å². The van der Waals surface area contributed by atoms with Crippen LogP contribution in [0.3, 0.4) is 0 Å². The standard InChI is InChI=1S/C15H20BrF3N4O.HI/c1-20-14(21-8-13(24)23(3)10-15(17,18)19)22(2)9-11-4-6-12(16)7-5-11;/h4-7H,8-10H2,1-3H3,(H,20,21);1H. The molecule has 0 fully saturated rings. The number of nitrogens with zero attached hydrogens (tertiary/aromatic N) is 3. The molecule has 1 N–H and O–H groups in total. The quantitative estimate of drug-likeness (QED) is 0.357. The minimum atomic E-state index is -4.41. The summed E-state index contributed by atoms with van der Waals surface area (Å²) < 4.78 is 37.8. The highest BCUT2D eigenvalue weighted by Gasteiger charge is 2.31. The number of hydrogen-bond acceptors (Lipinski definition) is 2. The maximum Gasteiger partial charge on any atom is 0.406 e. The Labute approximate surface area is 170 Å². The van der Waals surface area contributed by atoms with E-state index in [1.165, 1.54) is 0 Å². The van der Waals surface area contributed by atoms with Gasteiger partial charge in [-0.2, -0.15) is 13.2 Å². The van der Waals surface area contributed by atoms with Crippen LogP contribution in [0.15, 0.2) is 33.7 Å². The summed E-state index contributed by atoms with van der Waals surface area (Å²) in [5.74, 6) is -0.239. The number of nitrogens with one attached hydrogen (secondary N) is 1. The van der Waals surface area contributed by atoms with Crippen LogP contribution >= 0.6 is 39.9 Å². The molecule has 5 nitrogen and oxygen atoms in total. The predicted molar refractivity (Wildman–Crippen MR) is 106 cm³/mol. The molecule has 25 heavy (non-hydrogen) atoms. The number of guanidine groups is 1. The Balaban J connectivity index is 0.00000576. The zero-order valence-corrected chi connectivity index (χ0v) is 18.0. The van der Waals surface area contributed by atoms with Gasteiger partial charge in [0.05, 0.1) is 6.54 Å². The fourth-order valence-electron chi connectivity index (χ4n) is 1.97. The highest BCUT2D eigenvalue weighted by atomic mass is 127. The Morgan fingerprint density at radius 1 is 1.20 bits per heavy atom. The summed E-state index contributed by atoms with van der Waals surface area (Å²) in [6, 6.07) is 7.70. The molecule has 1 aromatic rings. The van der Waals surface area contributed by atoms with Gasteiger partial charge in [-0.05, 0) is 17.7 Å². The van der Waals surface area contributed by atoms with Crippen LogP contribution in [0.25, 0.3) is 0 Å². The molecule has 0 aliphatic heterocycles. The first-order valence-corrected chi connectivity index (χ1v) is 7.88. The van der Waals surface area contributed by atoms with Crippen molar-refractivity contribution in [2.75, 3.05) is 34.2 Å². The maximum atomic E-state index is 12.3. The molecule has 1 amide bonds. The molecule has 0 radical (unpaired) electrons. The summed E-state index contributed by atoms with van der Waals surface area (Å²) in [6.45, 7) is -0.996. The summed E-state index contributed by atoms with van der Waals surface area (Å²) in [6.07, 6.45) is -4.41. The Morgan fingerprint density at radius 2 is 1.76 bits per heavy atom. The molecule has 0 unspecified atom stereocenters. The van der Waals surface area contributed by atoms with E-state index in [0.29, 0.717) is 17.4 Å². The van der Waals surface area contributed by atoms with Crippen molar-refractivity contribution in [3.8, 4) is 0 Å². The molecule has 0 aromatic heterocycles. The van der Waals surface area contributed by atoms with Crippen LogP contribution in [-0.2, 0) is 11.3 Å². The molecular formula is C15H21BrF3IN4O. The van der Waals surface area contributed by atoms with Gasteiger partial charge in [-0.25, -0.2) is 0 Å². The first kappa shape index (κ1) is 24.0. The number of alkyl halides is 3. The van der Waals surface area contributed by atoms with Crippen LogP contribution in [0.1, 0.15) is 5.56 Å². The number of benzene rings is 1. The number of aliphatic imine (C=N–C) groups is 1. The first-order chi connectivity index (χ1) is 11.1. The average molecular weight is 537 g/mol. The maximum absolute atomic E-state index is 12.3. The van der Waals surface area contributed by atoms with E-state index in [2.05, 4.69) is 26.2 Å². The molecule has 1 rings (SSSR count). The van der Waals surface area contributed by atoms with Gasteiger partial charge < -0.3 is 15.1 Å². The van der Waals surface area contributed by atoms with Crippen LogP contribution in [-0.4, -0.2) is 62.1 Å². The lowest BCUT2D eigenvalue weighted by molar-refractivity contribution is -0.157. The number of carbonyl (C=O) groups is 1. The van der Waals surface area contributed by atoms with Crippen molar-refractivity contribution in [2.45, 2.75) is 12.7 Å². The van der Waals surface area contributed by atoms with E-state index in [9.17, 15) is 18.0 Å². The summed E-state index contributed by atoms with van der Waals surface area (Å²) in [7, 11) is 4.44. The molecular weight excluding hydrogens is 516 g/mol. The van der Waals surface area contributed by atoms with Crippen LogP contribution in [0.4, 0.5) is 13.2 Å². The fraction of sp³-hybridized carbons (Fsp3) is 0.467. The number of hydrogen-bond donors (Lipinski definition) is 1. The smallest absolute Gasteiger partial charge is 0.347 e. The second-order valence-electron chi connectivity index (χ2n) is 5.25. The third-order valence-electron chi connectivity index (χ3n) is 3.15. The van der Waals surface area contributed by atoms with E-state index in [4.69, 9.17) is 0 Å². The van der Waals surface area contributed by atoms with Crippen molar-refractivity contribution < 1.29 is 18.0 Å². The van der Waals surface area contributed by atoms with E-state index >= 15 is 0 Å². The molecule has 142 valence electrons. The Kier molecular flexibility index (Phi) is 10.4. The molecule has 0 atom stereocenters. The highest BCUT2D eigenvalue weighted by molar-refractivity contribution is 14.0. The van der Waals surface area contributed by atoms with Crippen molar-refractivity contribution >= 4 is 51.8 Å². The Hall–Kier alpha value is -1.04. The number of carbonyl (C=O) groups excluding carboxylic acids is 1. The molecule has 0 saturated carbocycles. The van der Waals surface area contributed by atoms with E-state index in [1.54, 1.807) is 19.0 Å². The van der Waals surface area contributed by atoms with Gasteiger partial charge in [0.2, 0.25) is 5.91 Å². The van der Waals surface area contributed by atoms with E-state index in [-0.39, 0.29) is 30.5 Å². The van der Waals surface area contributed by atoms with Crippen LogP contribution < -0.4 is 5.32 Å². The largest absolute Gasteiger partial charge is 0.406 e. The molecule has 1 aromatic carbocycles. The summed E-state index contributed by atoms with van der Waals surface area (Å²) >= 11 is 3.36. The van der Waals surface area contributed by atoms with Crippen molar-refractivity contribution in [1.29, 1.82) is 0 Å². The molecule has 0 aliphatic rings. The van der Waals surface area contributed by atoms with Gasteiger partial charge in [-0.15, -0.1) is 24.0 Å². The van der Waals surface area contributed by atoms with Crippen molar-refractivity contribution in [2.24, 2.45) is 4.99 Å². The minimum absolute atomic E-state index is 0. The Morgan fingerprint density at radius 3 is 2.24 bits per heavy atom. The number of likely N-dealkylation sites (N-methyl/N-ethyl adjacent to an activating group) is 1. The van der Waals surface area contributed by atoms with E-state index in [0.717, 1.165) is 17.1 Å². The van der Waals surface area contributed by atoms with Crippen LogP contribution in [0, 0.1) is 0 Å². The van der Waals surface area contributed by atoms with Gasteiger partial charge in [-0.3, -0.25) is 9.79 Å². The molecule has 0 heterocycles. The van der Waals surface area contributed by atoms with E-state index < -0.39 is 18.6 Å². The number of amides is 1. The van der Waals surface area contributed by atoms with Crippen molar-refractivity contribution in [3.63, 3.8) is 0 Å². The van der Waals surface area contributed by atoms with Crippen molar-refractivity contribution in [1.82, 2.24) is 15.1 Å². The molecule has 10 heteroatoms. The van der Waals surface area contributed by atoms with E-state index in [1.807, 2.05) is 24.3 Å². The average Bonchev–Trinajstić information content (AvgIpc) is 2.48. The zero-order valence-electron chi connectivity index (χ0n) is 14.1. The zero-order chi connectivity index (χ0) is 18.3. The predicted octanol–water partition coefficient (Wildman–Crippen LogP) is 3.10. The fourth-order valence-corrected chi connectivity index (χ4v) is 2.23. The second kappa shape index (κ2) is 10.8. The first-order valence-electron chi connectivity index (χ1n) is 7.09. The summed E-state index contributed by atoms with van der Waals surface area (Å²) in [5.41, 5.74) is 1.03. The topological polar surface area (TPSA) is 47.9 Å². The van der Waals surface area contributed by atoms with Gasteiger partial charge >= 0.3 is 6.18 Å². The molecule has 0 saturated heterocycles. The normalized spacial score (nSPS) is 11.6. The number of halogens is 5. The SMILES string of the molecule is CN=C(NCC(=O)N(C)CC(F)(F)F)N(C)Cc1ccc(Br)cc1.I. The lowest BCUT2D eigenvalue weighted by Crippen LogP contribution is -2.45. The van der Waals surface area contributed by atoms with Gasteiger partial charge in [0.15, 0.2) is 5.96 Å². The van der Waals surface area contributed by atoms with Gasteiger partial charge in [0.1, 0.15) is 6.54 Å². The Bertz CT molecular complexity index is 581. The van der Waals surface area contributed by atoms with Gasteiger partial charge in [0, 0.05) is 32.2 Å². The van der Waals surface area contributed by atoms with Crippen LogP contribution in [0.5, 0.6) is 0 Å². The lowest BCUT2D eigenvalue weighted by Gasteiger charge is -2.24. The third kappa shape index (κ3) is 9.28. The lowest BCUT2D eigenvalue weighted by atomic mass is 10.2. The third-order valence-corrected chi connectivity index (χ3v) is 3.67. The number of rotatable bonds is 5.